The third kappa shape index (κ3) is 8.77. The molecule has 254 valence electrons. The molecular weight excluding hydrogens is 598 g/mol. The molecule has 0 aromatic heterocycles. The smallest absolute Gasteiger partial charge is 0.239 e. The van der Waals surface area contributed by atoms with Gasteiger partial charge in [0.1, 0.15) is 12.3 Å². The SMILES string of the molecule is CN=C1Nc2ccc(OCCCC(=O)N(C3CCCCC3)C3CCCCC3)cc2CN1CC(=O)NCc1cccc(-c2ccccc2)c1. The number of nitrogens with zero attached hydrogens (tertiary/aromatic N) is 3. The van der Waals surface area contributed by atoms with Gasteiger partial charge in [-0.1, -0.05) is 87.1 Å². The number of nitrogens with one attached hydrogen (secondary N) is 2. The number of ether oxygens (including phenoxy) is 1. The van der Waals surface area contributed by atoms with Crippen molar-refractivity contribution in [3.8, 4) is 16.9 Å². The lowest BCUT2D eigenvalue weighted by Gasteiger charge is -2.42. The summed E-state index contributed by atoms with van der Waals surface area (Å²) in [4.78, 5) is 35.3. The molecule has 0 spiro atoms. The topological polar surface area (TPSA) is 86.3 Å². The molecule has 3 aromatic rings. The second-order valence-electron chi connectivity index (χ2n) is 13.5. The quantitative estimate of drug-likeness (QED) is 0.198. The van der Waals surface area contributed by atoms with E-state index >= 15 is 0 Å². The van der Waals surface area contributed by atoms with Gasteiger partial charge in [0.15, 0.2) is 5.96 Å². The highest BCUT2D eigenvalue weighted by Gasteiger charge is 2.32. The van der Waals surface area contributed by atoms with Crippen molar-refractivity contribution < 1.29 is 14.3 Å². The van der Waals surface area contributed by atoms with E-state index in [0.29, 0.717) is 56.5 Å². The molecule has 1 aliphatic heterocycles. The van der Waals surface area contributed by atoms with Crippen molar-refractivity contribution in [3.63, 3.8) is 0 Å². The maximum atomic E-state index is 13.5. The van der Waals surface area contributed by atoms with E-state index in [1.54, 1.807) is 7.05 Å². The summed E-state index contributed by atoms with van der Waals surface area (Å²) in [7, 11) is 1.73. The van der Waals surface area contributed by atoms with Gasteiger partial charge in [0.05, 0.1) is 6.61 Å². The molecule has 0 bridgehead atoms. The fourth-order valence-corrected chi connectivity index (χ4v) is 7.61. The zero-order chi connectivity index (χ0) is 33.1. The van der Waals surface area contributed by atoms with E-state index in [-0.39, 0.29) is 12.5 Å². The van der Waals surface area contributed by atoms with E-state index in [1.807, 2.05) is 53.4 Å². The number of carbonyl (C=O) groups is 2. The summed E-state index contributed by atoms with van der Waals surface area (Å²) in [6.45, 7) is 1.68. The maximum absolute atomic E-state index is 13.5. The van der Waals surface area contributed by atoms with Crippen LogP contribution in [0.4, 0.5) is 5.69 Å². The average Bonchev–Trinajstić information content (AvgIpc) is 3.13. The Balaban J connectivity index is 0.997. The van der Waals surface area contributed by atoms with Crippen LogP contribution in [-0.2, 0) is 22.7 Å². The predicted molar refractivity (Wildman–Crippen MR) is 193 cm³/mol. The molecule has 2 N–H and O–H groups in total. The van der Waals surface area contributed by atoms with Gasteiger partial charge in [0.2, 0.25) is 11.8 Å². The Labute approximate surface area is 286 Å². The van der Waals surface area contributed by atoms with Crippen LogP contribution in [0.15, 0.2) is 77.8 Å². The van der Waals surface area contributed by atoms with Crippen molar-refractivity contribution in [1.29, 1.82) is 0 Å². The minimum Gasteiger partial charge on any atom is -0.494 e. The summed E-state index contributed by atoms with van der Waals surface area (Å²) in [5, 5.41) is 6.45. The molecule has 2 fully saturated rings. The Bertz CT molecular complexity index is 1530. The Morgan fingerprint density at radius 1 is 0.875 bits per heavy atom. The van der Waals surface area contributed by atoms with E-state index in [4.69, 9.17) is 4.74 Å². The molecule has 0 atom stereocenters. The van der Waals surface area contributed by atoms with Gasteiger partial charge in [-0.25, -0.2) is 0 Å². The summed E-state index contributed by atoms with van der Waals surface area (Å²) >= 11 is 0. The Morgan fingerprint density at radius 3 is 2.29 bits per heavy atom. The average molecular weight is 650 g/mol. The third-order valence-electron chi connectivity index (χ3n) is 10.1. The molecule has 8 nitrogen and oxygen atoms in total. The van der Waals surface area contributed by atoms with Gasteiger partial charge in [-0.05, 0) is 78.6 Å². The fourth-order valence-electron chi connectivity index (χ4n) is 7.61. The summed E-state index contributed by atoms with van der Waals surface area (Å²) in [5.74, 6) is 1.69. The molecule has 6 rings (SSSR count). The molecule has 8 heteroatoms. The van der Waals surface area contributed by atoms with Gasteiger partial charge in [-0.3, -0.25) is 14.6 Å². The summed E-state index contributed by atoms with van der Waals surface area (Å²) < 4.78 is 6.17. The molecule has 2 amide bonds. The van der Waals surface area contributed by atoms with Gasteiger partial charge in [-0.15, -0.1) is 0 Å². The number of guanidine groups is 1. The first kappa shape index (κ1) is 33.6. The van der Waals surface area contributed by atoms with Crippen LogP contribution < -0.4 is 15.4 Å². The number of hydrogen-bond donors (Lipinski definition) is 2. The first-order valence-electron chi connectivity index (χ1n) is 18.0. The molecule has 48 heavy (non-hydrogen) atoms. The second-order valence-corrected chi connectivity index (χ2v) is 13.5. The van der Waals surface area contributed by atoms with Gasteiger partial charge in [0.25, 0.3) is 0 Å². The molecular formula is C40H51N5O3. The van der Waals surface area contributed by atoms with E-state index in [1.165, 1.54) is 38.5 Å². The maximum Gasteiger partial charge on any atom is 0.239 e. The first-order valence-corrected chi connectivity index (χ1v) is 18.0. The molecule has 2 saturated carbocycles. The third-order valence-corrected chi connectivity index (χ3v) is 10.1. The van der Waals surface area contributed by atoms with Crippen molar-refractivity contribution in [1.82, 2.24) is 15.1 Å². The van der Waals surface area contributed by atoms with Crippen LogP contribution in [-0.4, -0.2) is 59.9 Å². The minimum atomic E-state index is -0.0703. The number of amides is 2. The predicted octanol–water partition coefficient (Wildman–Crippen LogP) is 7.54. The van der Waals surface area contributed by atoms with E-state index in [2.05, 4.69) is 44.8 Å². The van der Waals surface area contributed by atoms with Crippen LogP contribution >= 0.6 is 0 Å². The summed E-state index contributed by atoms with van der Waals surface area (Å²) in [6.07, 6.45) is 13.5. The highest BCUT2D eigenvalue weighted by Crippen LogP contribution is 2.32. The van der Waals surface area contributed by atoms with Crippen molar-refractivity contribution in [2.24, 2.45) is 4.99 Å². The highest BCUT2D eigenvalue weighted by atomic mass is 16.5. The Hall–Kier alpha value is -4.33. The van der Waals surface area contributed by atoms with Crippen LogP contribution in [0, 0.1) is 0 Å². The lowest BCUT2D eigenvalue weighted by atomic mass is 9.88. The lowest BCUT2D eigenvalue weighted by molar-refractivity contribution is -0.138. The van der Waals surface area contributed by atoms with E-state index < -0.39 is 0 Å². The summed E-state index contributed by atoms with van der Waals surface area (Å²) in [6, 6.07) is 25.4. The molecule has 1 heterocycles. The van der Waals surface area contributed by atoms with Crippen LogP contribution in [0.3, 0.4) is 0 Å². The van der Waals surface area contributed by atoms with Crippen molar-refractivity contribution >= 4 is 23.5 Å². The van der Waals surface area contributed by atoms with E-state index in [9.17, 15) is 9.59 Å². The van der Waals surface area contributed by atoms with Gasteiger partial charge >= 0.3 is 0 Å². The van der Waals surface area contributed by atoms with Crippen molar-refractivity contribution in [3.05, 3.63) is 83.9 Å². The zero-order valence-corrected chi connectivity index (χ0v) is 28.5. The molecule has 0 radical (unpaired) electrons. The number of aliphatic imine (C=N–C) groups is 1. The van der Waals surface area contributed by atoms with Gasteiger partial charge in [-0.2, -0.15) is 0 Å². The number of carbonyl (C=O) groups excluding carboxylic acids is 2. The van der Waals surface area contributed by atoms with Crippen LogP contribution in [0.2, 0.25) is 0 Å². The molecule has 0 unspecified atom stereocenters. The number of hydrogen-bond acceptors (Lipinski definition) is 4. The largest absolute Gasteiger partial charge is 0.494 e. The monoisotopic (exact) mass is 649 g/mol. The standard InChI is InChI=1S/C40H51N5O3/c1-41-40-43-37-23-22-36(48-24-12-21-39(47)45(34-17-7-3-8-18-34)35-19-9-4-10-20-35)26-33(37)28-44(40)29-38(46)42-27-30-13-11-16-32(25-30)31-14-5-2-6-15-31/h2,5-6,11,13-16,22-23,25-26,34-35H,3-4,7-10,12,17-21,24,27-29H2,1H3,(H,41,43)(H,42,46). The normalized spacial score (nSPS) is 17.8. The number of anilines is 1. The molecule has 0 saturated heterocycles. The Morgan fingerprint density at radius 2 is 1.58 bits per heavy atom. The Kier molecular flexibility index (Phi) is 11.7. The minimum absolute atomic E-state index is 0.0703. The fraction of sp³-hybridized carbons (Fsp3) is 0.475. The second kappa shape index (κ2) is 16.7. The molecule has 3 aliphatic rings. The summed E-state index contributed by atoms with van der Waals surface area (Å²) in [5.41, 5.74) is 5.34. The zero-order valence-electron chi connectivity index (χ0n) is 28.5. The van der Waals surface area contributed by atoms with Crippen molar-refractivity contribution in [2.45, 2.75) is 102 Å². The van der Waals surface area contributed by atoms with E-state index in [0.717, 1.165) is 59.4 Å². The van der Waals surface area contributed by atoms with Crippen LogP contribution in [0.25, 0.3) is 11.1 Å². The van der Waals surface area contributed by atoms with Gasteiger partial charge < -0.3 is 25.2 Å². The van der Waals surface area contributed by atoms with Crippen molar-refractivity contribution in [2.75, 3.05) is 25.5 Å². The van der Waals surface area contributed by atoms with Crippen LogP contribution in [0.1, 0.15) is 88.2 Å². The first-order chi connectivity index (χ1) is 23.6. The number of rotatable bonds is 12. The molecule has 3 aromatic carbocycles. The number of benzene rings is 3. The van der Waals surface area contributed by atoms with Crippen LogP contribution in [0.5, 0.6) is 5.75 Å². The lowest BCUT2D eigenvalue weighted by Crippen LogP contribution is -2.48. The highest BCUT2D eigenvalue weighted by molar-refractivity contribution is 5.98. The molecule has 2 aliphatic carbocycles. The van der Waals surface area contributed by atoms with Gasteiger partial charge in [0, 0.05) is 44.3 Å². The number of fused-ring (bicyclic) bond motifs is 1.